The van der Waals surface area contributed by atoms with Gasteiger partial charge in [-0.25, -0.2) is 0 Å². The van der Waals surface area contributed by atoms with Gasteiger partial charge in [-0.15, -0.1) is 10.2 Å². The summed E-state index contributed by atoms with van der Waals surface area (Å²) in [5.74, 6) is 0.344. The number of rotatable bonds is 6. The number of nitrogens with zero attached hydrogens (tertiary/aromatic N) is 4. The van der Waals surface area contributed by atoms with Crippen LogP contribution >= 0.6 is 11.8 Å². The van der Waals surface area contributed by atoms with Crippen molar-refractivity contribution in [1.82, 2.24) is 14.6 Å². The minimum atomic E-state index is -0.547. The summed E-state index contributed by atoms with van der Waals surface area (Å²) >= 11 is 1.30. The number of carbonyl (C=O) groups is 1. The van der Waals surface area contributed by atoms with E-state index in [1.807, 2.05) is 96.3 Å². The quantitative estimate of drug-likeness (QED) is 0.231. The fraction of sp³-hybridized carbons (Fsp3) is 0.0968. The summed E-state index contributed by atoms with van der Waals surface area (Å²) in [6.07, 6.45) is 0. The molecule has 0 aliphatic rings. The average Bonchev–Trinajstić information content (AvgIpc) is 3.55. The molecule has 39 heavy (non-hydrogen) atoms. The molecule has 0 bridgehead atoms. The normalized spacial score (nSPS) is 11.9. The number of hydrogen-bond acceptors (Lipinski definition) is 6. The van der Waals surface area contributed by atoms with Crippen molar-refractivity contribution in [3.05, 3.63) is 102 Å². The summed E-state index contributed by atoms with van der Waals surface area (Å²) in [6.45, 7) is 3.84. The topological polar surface area (TPSA) is 96.2 Å². The van der Waals surface area contributed by atoms with Crippen LogP contribution in [0.1, 0.15) is 18.1 Å². The van der Waals surface area contributed by atoms with E-state index in [4.69, 9.17) is 4.42 Å². The van der Waals surface area contributed by atoms with Gasteiger partial charge in [0.05, 0.1) is 10.8 Å². The van der Waals surface area contributed by atoms with E-state index in [9.17, 15) is 10.1 Å². The van der Waals surface area contributed by atoms with E-state index in [2.05, 4.69) is 27.6 Å². The van der Waals surface area contributed by atoms with E-state index in [1.165, 1.54) is 11.8 Å². The number of nitriles is 1. The standard InChI is InChI=1S/C31H23N5O2S/c1-19-17-26-34-35-31(36(26)25-16-10-9-15-23(19)25)39-20(2)29(37)33-30-24(18-32)27(21-11-5-3-6-12-21)28(38-30)22-13-7-4-8-14-22/h3-17,20H,1-2H3,(H,33,37). The zero-order valence-electron chi connectivity index (χ0n) is 21.3. The molecule has 0 saturated carbocycles. The molecule has 1 N–H and O–H groups in total. The van der Waals surface area contributed by atoms with Crippen molar-refractivity contribution in [2.24, 2.45) is 0 Å². The van der Waals surface area contributed by atoms with E-state index in [0.717, 1.165) is 33.2 Å². The number of anilines is 1. The predicted octanol–water partition coefficient (Wildman–Crippen LogP) is 7.11. The third-order valence-electron chi connectivity index (χ3n) is 6.58. The number of benzene rings is 3. The molecule has 0 saturated heterocycles. The lowest BCUT2D eigenvalue weighted by atomic mass is 9.98. The number of thioether (sulfide) groups is 1. The highest BCUT2D eigenvalue weighted by Crippen LogP contribution is 2.41. The van der Waals surface area contributed by atoms with Crippen molar-refractivity contribution < 1.29 is 9.21 Å². The molecule has 0 fully saturated rings. The molecule has 0 spiro atoms. The van der Waals surface area contributed by atoms with Crippen LogP contribution in [-0.2, 0) is 4.79 Å². The molecule has 7 nitrogen and oxygen atoms in total. The maximum Gasteiger partial charge on any atom is 0.240 e. The number of fused-ring (bicyclic) bond motifs is 3. The summed E-state index contributed by atoms with van der Waals surface area (Å²) in [5, 5.41) is 22.9. The molecule has 0 aliphatic carbocycles. The highest BCUT2D eigenvalue weighted by Gasteiger charge is 2.26. The molecule has 190 valence electrons. The molecular weight excluding hydrogens is 506 g/mol. The Balaban J connectivity index is 1.34. The summed E-state index contributed by atoms with van der Waals surface area (Å²) in [5.41, 5.74) is 5.37. The van der Waals surface area contributed by atoms with Crippen LogP contribution in [-0.4, -0.2) is 25.8 Å². The number of aryl methyl sites for hydroxylation is 1. The highest BCUT2D eigenvalue weighted by molar-refractivity contribution is 8.00. The van der Waals surface area contributed by atoms with Crippen molar-refractivity contribution in [1.29, 1.82) is 5.26 Å². The van der Waals surface area contributed by atoms with Gasteiger partial charge in [0.2, 0.25) is 11.8 Å². The van der Waals surface area contributed by atoms with Gasteiger partial charge in [0.15, 0.2) is 10.8 Å². The summed E-state index contributed by atoms with van der Waals surface area (Å²) in [6, 6.07) is 31.4. The molecule has 3 heterocycles. The monoisotopic (exact) mass is 529 g/mol. The zero-order chi connectivity index (χ0) is 26.9. The van der Waals surface area contributed by atoms with Gasteiger partial charge in [-0.1, -0.05) is 90.6 Å². The second-order valence-corrected chi connectivity index (χ2v) is 10.4. The third-order valence-corrected chi connectivity index (χ3v) is 7.62. The van der Waals surface area contributed by atoms with Gasteiger partial charge in [-0.05, 0) is 37.1 Å². The minimum absolute atomic E-state index is 0.125. The molecule has 1 amide bonds. The zero-order valence-corrected chi connectivity index (χ0v) is 22.1. The first-order valence-electron chi connectivity index (χ1n) is 12.4. The Kier molecular flexibility index (Phi) is 6.35. The maximum atomic E-state index is 13.4. The van der Waals surface area contributed by atoms with Crippen molar-refractivity contribution in [2.75, 3.05) is 5.32 Å². The van der Waals surface area contributed by atoms with Crippen LogP contribution in [0.4, 0.5) is 5.88 Å². The van der Waals surface area contributed by atoms with E-state index in [-0.39, 0.29) is 17.4 Å². The molecule has 8 heteroatoms. The molecule has 3 aromatic heterocycles. The molecule has 6 rings (SSSR count). The summed E-state index contributed by atoms with van der Waals surface area (Å²) < 4.78 is 8.14. The smallest absolute Gasteiger partial charge is 0.240 e. The molecule has 1 atom stereocenters. The Labute approximate surface area is 229 Å². The Hall–Kier alpha value is -4.87. The van der Waals surface area contributed by atoms with Gasteiger partial charge in [0, 0.05) is 16.5 Å². The second kappa shape index (κ2) is 10.1. The van der Waals surface area contributed by atoms with Crippen LogP contribution in [0.25, 0.3) is 39.0 Å². The van der Waals surface area contributed by atoms with Crippen LogP contribution in [0.3, 0.4) is 0 Å². The van der Waals surface area contributed by atoms with Crippen molar-refractivity contribution in [2.45, 2.75) is 24.3 Å². The van der Waals surface area contributed by atoms with Crippen LogP contribution in [0, 0.1) is 18.3 Å². The SMILES string of the molecule is Cc1cc2nnc(SC(C)C(=O)Nc3oc(-c4ccccc4)c(-c4ccccc4)c3C#N)n2c2ccccc12. The number of para-hydroxylation sites is 1. The molecule has 0 aliphatic heterocycles. The van der Waals surface area contributed by atoms with Crippen LogP contribution < -0.4 is 5.32 Å². The van der Waals surface area contributed by atoms with E-state index in [1.54, 1.807) is 6.92 Å². The van der Waals surface area contributed by atoms with Crippen molar-refractivity contribution in [3.8, 4) is 28.5 Å². The van der Waals surface area contributed by atoms with Crippen LogP contribution in [0.2, 0.25) is 0 Å². The lowest BCUT2D eigenvalue weighted by Crippen LogP contribution is -2.22. The predicted molar refractivity (Wildman–Crippen MR) is 153 cm³/mol. The van der Waals surface area contributed by atoms with Crippen LogP contribution in [0.15, 0.2) is 101 Å². The Morgan fingerprint density at radius 2 is 1.64 bits per heavy atom. The first-order chi connectivity index (χ1) is 19.0. The first kappa shape index (κ1) is 24.5. The fourth-order valence-corrected chi connectivity index (χ4v) is 5.54. The molecule has 1 unspecified atom stereocenters. The minimum Gasteiger partial charge on any atom is -0.438 e. The molecular formula is C31H23N5O2S. The van der Waals surface area contributed by atoms with Crippen molar-refractivity contribution in [3.63, 3.8) is 0 Å². The molecule has 3 aromatic carbocycles. The third kappa shape index (κ3) is 4.43. The van der Waals surface area contributed by atoms with Crippen molar-refractivity contribution >= 4 is 40.1 Å². The second-order valence-electron chi connectivity index (χ2n) is 9.12. The largest absolute Gasteiger partial charge is 0.438 e. The van der Waals surface area contributed by atoms with Gasteiger partial charge in [0.25, 0.3) is 0 Å². The number of aromatic nitrogens is 3. The van der Waals surface area contributed by atoms with Crippen LogP contribution in [0.5, 0.6) is 0 Å². The van der Waals surface area contributed by atoms with E-state index < -0.39 is 5.25 Å². The average molecular weight is 530 g/mol. The lowest BCUT2D eigenvalue weighted by Gasteiger charge is -2.11. The number of furan rings is 1. The van der Waals surface area contributed by atoms with Gasteiger partial charge in [-0.2, -0.15) is 5.26 Å². The number of amides is 1. The summed E-state index contributed by atoms with van der Waals surface area (Å²) in [4.78, 5) is 13.4. The number of carbonyl (C=O) groups excluding carboxylic acids is 1. The van der Waals surface area contributed by atoms with Gasteiger partial charge in [0.1, 0.15) is 17.4 Å². The highest BCUT2D eigenvalue weighted by atomic mass is 32.2. The molecule has 0 radical (unpaired) electrons. The molecule has 6 aromatic rings. The van der Waals surface area contributed by atoms with E-state index >= 15 is 0 Å². The lowest BCUT2D eigenvalue weighted by molar-refractivity contribution is -0.115. The Morgan fingerprint density at radius 3 is 2.36 bits per heavy atom. The maximum absolute atomic E-state index is 13.4. The van der Waals surface area contributed by atoms with Gasteiger partial charge in [-0.3, -0.25) is 14.5 Å². The van der Waals surface area contributed by atoms with Gasteiger partial charge >= 0.3 is 0 Å². The Bertz CT molecular complexity index is 1870. The van der Waals surface area contributed by atoms with E-state index in [0.29, 0.717) is 16.5 Å². The van der Waals surface area contributed by atoms with Gasteiger partial charge < -0.3 is 4.42 Å². The number of hydrogen-bond donors (Lipinski definition) is 1. The summed E-state index contributed by atoms with van der Waals surface area (Å²) in [7, 11) is 0. The number of nitrogens with one attached hydrogen (secondary N) is 1. The fourth-order valence-electron chi connectivity index (χ4n) is 4.68. The first-order valence-corrected chi connectivity index (χ1v) is 13.3. The Morgan fingerprint density at radius 1 is 0.974 bits per heavy atom. The number of pyridine rings is 1.